The molecule has 0 spiro atoms. The van der Waals surface area contributed by atoms with E-state index in [1.165, 1.54) is 18.4 Å². The minimum absolute atomic E-state index is 0.295. The van der Waals surface area contributed by atoms with Gasteiger partial charge in [0.25, 0.3) is 5.91 Å². The second-order valence-electron chi connectivity index (χ2n) is 2.82. The van der Waals surface area contributed by atoms with Gasteiger partial charge in [0.1, 0.15) is 11.4 Å². The van der Waals surface area contributed by atoms with Crippen molar-refractivity contribution in [1.29, 1.82) is 0 Å². The van der Waals surface area contributed by atoms with Crippen LogP contribution in [0.4, 0.5) is 0 Å². The zero-order chi connectivity index (χ0) is 10.7. The Labute approximate surface area is 85.0 Å². The number of thiazole rings is 1. The highest BCUT2D eigenvalue weighted by Gasteiger charge is 2.17. The van der Waals surface area contributed by atoms with Crippen molar-refractivity contribution in [2.75, 3.05) is 13.6 Å². The Morgan fingerprint density at radius 1 is 1.64 bits per heavy atom. The Kier molecular flexibility index (Phi) is 3.19. The zero-order valence-corrected chi connectivity index (χ0v) is 8.67. The van der Waals surface area contributed by atoms with E-state index in [0.717, 1.165) is 4.90 Å². The Hall–Kier alpha value is -1.43. The van der Waals surface area contributed by atoms with E-state index in [1.54, 1.807) is 12.4 Å². The summed E-state index contributed by atoms with van der Waals surface area (Å²) in [6, 6.07) is 0. The standard InChI is InChI=1S/C8H10N2O3S/c1-5-7(14-4-9-5)8(13)10(2)3-6(11)12/h4H,3H2,1-2H3,(H,11,12). The lowest BCUT2D eigenvalue weighted by Crippen LogP contribution is -2.31. The van der Waals surface area contributed by atoms with Gasteiger partial charge in [-0.3, -0.25) is 9.59 Å². The third kappa shape index (κ3) is 2.29. The van der Waals surface area contributed by atoms with Crippen LogP contribution in [0.15, 0.2) is 5.51 Å². The van der Waals surface area contributed by atoms with Gasteiger partial charge in [-0.15, -0.1) is 11.3 Å². The molecule has 5 nitrogen and oxygen atoms in total. The summed E-state index contributed by atoms with van der Waals surface area (Å²) >= 11 is 1.22. The topological polar surface area (TPSA) is 70.5 Å². The summed E-state index contributed by atoms with van der Waals surface area (Å²) in [6.45, 7) is 1.43. The third-order valence-corrected chi connectivity index (χ3v) is 2.58. The van der Waals surface area contributed by atoms with Gasteiger partial charge in [-0.2, -0.15) is 0 Å². The molecular weight excluding hydrogens is 204 g/mol. The largest absolute Gasteiger partial charge is 0.480 e. The molecule has 0 saturated heterocycles. The number of carbonyl (C=O) groups excluding carboxylic acids is 1. The summed E-state index contributed by atoms with van der Waals surface area (Å²) < 4.78 is 0. The molecule has 1 rings (SSSR count). The first kappa shape index (κ1) is 10.6. The lowest BCUT2D eigenvalue weighted by molar-refractivity contribution is -0.137. The van der Waals surface area contributed by atoms with Crippen LogP contribution in [0, 0.1) is 6.92 Å². The maximum atomic E-state index is 11.6. The van der Waals surface area contributed by atoms with E-state index in [2.05, 4.69) is 4.98 Å². The van der Waals surface area contributed by atoms with Crippen LogP contribution in [-0.4, -0.2) is 40.5 Å². The van der Waals surface area contributed by atoms with Crippen molar-refractivity contribution in [3.63, 3.8) is 0 Å². The van der Waals surface area contributed by atoms with Gasteiger partial charge >= 0.3 is 5.97 Å². The molecule has 1 N–H and O–H groups in total. The molecule has 0 fully saturated rings. The molecule has 0 aliphatic heterocycles. The normalized spacial score (nSPS) is 9.86. The van der Waals surface area contributed by atoms with Gasteiger partial charge in [-0.25, -0.2) is 4.98 Å². The van der Waals surface area contributed by atoms with Crippen molar-refractivity contribution in [2.45, 2.75) is 6.92 Å². The average Bonchev–Trinajstić information content (AvgIpc) is 2.48. The fraction of sp³-hybridized carbons (Fsp3) is 0.375. The Balaban J connectivity index is 2.76. The fourth-order valence-corrected chi connectivity index (χ4v) is 1.75. The van der Waals surface area contributed by atoms with Crippen LogP contribution in [0.25, 0.3) is 0 Å². The van der Waals surface area contributed by atoms with Crippen LogP contribution >= 0.6 is 11.3 Å². The maximum Gasteiger partial charge on any atom is 0.323 e. The number of likely N-dealkylation sites (N-methyl/N-ethyl adjacent to an activating group) is 1. The number of carboxylic acid groups (broad SMARTS) is 1. The number of amides is 1. The molecule has 0 aromatic carbocycles. The number of carbonyl (C=O) groups is 2. The molecular formula is C8H10N2O3S. The van der Waals surface area contributed by atoms with Crippen molar-refractivity contribution in [3.05, 3.63) is 16.1 Å². The molecule has 1 heterocycles. The van der Waals surface area contributed by atoms with Crippen LogP contribution in [-0.2, 0) is 4.79 Å². The Morgan fingerprint density at radius 3 is 2.71 bits per heavy atom. The van der Waals surface area contributed by atoms with E-state index in [-0.39, 0.29) is 12.5 Å². The summed E-state index contributed by atoms with van der Waals surface area (Å²) in [5.41, 5.74) is 2.20. The predicted molar refractivity (Wildman–Crippen MR) is 51.4 cm³/mol. The van der Waals surface area contributed by atoms with Gasteiger partial charge in [-0.05, 0) is 6.92 Å². The number of aliphatic carboxylic acids is 1. The second kappa shape index (κ2) is 4.19. The first-order valence-electron chi connectivity index (χ1n) is 3.89. The van der Waals surface area contributed by atoms with Crippen LogP contribution in [0.2, 0.25) is 0 Å². The van der Waals surface area contributed by atoms with E-state index in [1.807, 2.05) is 0 Å². The summed E-state index contributed by atoms with van der Waals surface area (Å²) in [6.07, 6.45) is 0. The Bertz CT molecular complexity index is 361. The van der Waals surface area contributed by atoms with Gasteiger partial charge in [-0.1, -0.05) is 0 Å². The predicted octanol–water partition coefficient (Wildman–Crippen LogP) is 0.608. The smallest absolute Gasteiger partial charge is 0.323 e. The molecule has 0 saturated carbocycles. The molecule has 76 valence electrons. The number of nitrogens with zero attached hydrogens (tertiary/aromatic N) is 2. The highest BCUT2D eigenvalue weighted by molar-refractivity contribution is 7.11. The van der Waals surface area contributed by atoms with Gasteiger partial charge < -0.3 is 10.0 Å². The second-order valence-corrected chi connectivity index (χ2v) is 3.68. The van der Waals surface area contributed by atoms with E-state index in [4.69, 9.17) is 5.11 Å². The molecule has 0 atom stereocenters. The van der Waals surface area contributed by atoms with Crippen molar-refractivity contribution >= 4 is 23.2 Å². The summed E-state index contributed by atoms with van der Waals surface area (Å²) in [4.78, 5) is 27.5. The molecule has 0 radical (unpaired) electrons. The number of aryl methyl sites for hydroxylation is 1. The molecule has 0 aliphatic carbocycles. The number of hydrogen-bond acceptors (Lipinski definition) is 4. The first-order valence-corrected chi connectivity index (χ1v) is 4.77. The maximum absolute atomic E-state index is 11.6. The summed E-state index contributed by atoms with van der Waals surface area (Å²) in [5, 5.41) is 8.49. The molecule has 1 aromatic heterocycles. The van der Waals surface area contributed by atoms with Crippen LogP contribution in [0.5, 0.6) is 0 Å². The van der Waals surface area contributed by atoms with Crippen molar-refractivity contribution in [1.82, 2.24) is 9.88 Å². The van der Waals surface area contributed by atoms with Crippen LogP contribution in [0.3, 0.4) is 0 Å². The first-order chi connectivity index (χ1) is 6.52. The minimum Gasteiger partial charge on any atom is -0.480 e. The SMILES string of the molecule is Cc1ncsc1C(=O)N(C)CC(=O)O. The van der Waals surface area contributed by atoms with Gasteiger partial charge in [0.05, 0.1) is 11.2 Å². The number of carboxylic acids is 1. The molecule has 0 unspecified atom stereocenters. The van der Waals surface area contributed by atoms with Crippen LogP contribution in [0.1, 0.15) is 15.4 Å². The molecule has 14 heavy (non-hydrogen) atoms. The molecule has 6 heteroatoms. The van der Waals surface area contributed by atoms with E-state index < -0.39 is 5.97 Å². The lowest BCUT2D eigenvalue weighted by atomic mass is 10.3. The summed E-state index contributed by atoms with van der Waals surface area (Å²) in [5.74, 6) is -1.32. The fourth-order valence-electron chi connectivity index (χ4n) is 0.955. The quantitative estimate of drug-likeness (QED) is 0.800. The van der Waals surface area contributed by atoms with Crippen molar-refractivity contribution < 1.29 is 14.7 Å². The van der Waals surface area contributed by atoms with Gasteiger partial charge in [0, 0.05) is 7.05 Å². The number of rotatable bonds is 3. The minimum atomic E-state index is -1.02. The summed E-state index contributed by atoms with van der Waals surface area (Å²) in [7, 11) is 1.45. The lowest BCUT2D eigenvalue weighted by Gasteiger charge is -2.13. The number of aromatic nitrogens is 1. The van der Waals surface area contributed by atoms with Crippen molar-refractivity contribution in [3.8, 4) is 0 Å². The molecule has 1 aromatic rings. The highest BCUT2D eigenvalue weighted by Crippen LogP contribution is 2.13. The molecule has 0 aliphatic rings. The molecule has 0 bridgehead atoms. The number of hydrogen-bond donors (Lipinski definition) is 1. The third-order valence-electron chi connectivity index (χ3n) is 1.66. The Morgan fingerprint density at radius 2 is 2.29 bits per heavy atom. The molecule has 1 amide bonds. The van der Waals surface area contributed by atoms with E-state index in [0.29, 0.717) is 10.6 Å². The van der Waals surface area contributed by atoms with Gasteiger partial charge in [0.2, 0.25) is 0 Å². The monoisotopic (exact) mass is 214 g/mol. The highest BCUT2D eigenvalue weighted by atomic mass is 32.1. The zero-order valence-electron chi connectivity index (χ0n) is 7.85. The van der Waals surface area contributed by atoms with Gasteiger partial charge in [0.15, 0.2) is 0 Å². The van der Waals surface area contributed by atoms with Crippen molar-refractivity contribution in [2.24, 2.45) is 0 Å². The average molecular weight is 214 g/mol. The van der Waals surface area contributed by atoms with E-state index in [9.17, 15) is 9.59 Å². The van der Waals surface area contributed by atoms with E-state index >= 15 is 0 Å². The van der Waals surface area contributed by atoms with Crippen LogP contribution < -0.4 is 0 Å².